The predicted octanol–water partition coefficient (Wildman–Crippen LogP) is 0.395. The molecule has 1 atom stereocenters. The Balaban J connectivity index is 2.66. The minimum atomic E-state index is -3.79. The first-order valence-electron chi connectivity index (χ1n) is 7.25. The molecule has 0 fully saturated rings. The molecule has 130 valence electrons. The van der Waals surface area contributed by atoms with Gasteiger partial charge in [0.25, 0.3) is 0 Å². The minimum Gasteiger partial charge on any atom is -0.464 e. The summed E-state index contributed by atoms with van der Waals surface area (Å²) in [4.78, 5) is 23.1. The van der Waals surface area contributed by atoms with Crippen LogP contribution in [-0.2, 0) is 26.6 Å². The second-order valence-electron chi connectivity index (χ2n) is 5.19. The molecule has 1 aromatic rings. The van der Waals surface area contributed by atoms with Gasteiger partial charge in [0, 0.05) is 32.3 Å². The minimum absolute atomic E-state index is 0.0208. The second-order valence-corrected chi connectivity index (χ2v) is 6.96. The standard InChI is InChI=1S/C14H23N3O5S/c1-5-10(2)16-13(18)6-7-15-23(20,21)11-8-12(14(19)22-4)17(3)9-11/h8-10,15H,5-7H2,1-4H3,(H,16,18). The maximum Gasteiger partial charge on any atom is 0.354 e. The summed E-state index contributed by atoms with van der Waals surface area (Å²) < 4.78 is 32.6. The van der Waals surface area contributed by atoms with Crippen LogP contribution in [0, 0.1) is 0 Å². The van der Waals surface area contributed by atoms with Gasteiger partial charge in [0.05, 0.1) is 7.11 Å². The zero-order valence-corrected chi connectivity index (χ0v) is 14.6. The van der Waals surface area contributed by atoms with Gasteiger partial charge in [-0.1, -0.05) is 6.92 Å². The van der Waals surface area contributed by atoms with E-state index < -0.39 is 16.0 Å². The van der Waals surface area contributed by atoms with Gasteiger partial charge in [-0.2, -0.15) is 0 Å². The SMILES string of the molecule is CCC(C)NC(=O)CCNS(=O)(=O)c1cc(C(=O)OC)n(C)c1. The number of rotatable bonds is 8. The van der Waals surface area contributed by atoms with E-state index in [1.807, 2.05) is 13.8 Å². The molecule has 1 aromatic heterocycles. The number of nitrogens with one attached hydrogen (secondary N) is 2. The highest BCUT2D eigenvalue weighted by Crippen LogP contribution is 2.14. The number of esters is 1. The van der Waals surface area contributed by atoms with Gasteiger partial charge in [0.1, 0.15) is 10.6 Å². The monoisotopic (exact) mass is 345 g/mol. The number of sulfonamides is 1. The highest BCUT2D eigenvalue weighted by Gasteiger charge is 2.20. The van der Waals surface area contributed by atoms with Gasteiger partial charge in [-0.3, -0.25) is 4.79 Å². The van der Waals surface area contributed by atoms with E-state index in [1.165, 1.54) is 23.9 Å². The third-order valence-corrected chi connectivity index (χ3v) is 4.78. The molecule has 0 bridgehead atoms. The van der Waals surface area contributed by atoms with E-state index in [0.717, 1.165) is 6.42 Å². The van der Waals surface area contributed by atoms with Crippen molar-refractivity contribution in [2.45, 2.75) is 37.6 Å². The lowest BCUT2D eigenvalue weighted by Crippen LogP contribution is -2.35. The second kappa shape index (κ2) is 8.11. The lowest BCUT2D eigenvalue weighted by molar-refractivity contribution is -0.121. The third kappa shape index (κ3) is 5.36. The average molecular weight is 345 g/mol. The maximum absolute atomic E-state index is 12.2. The molecular weight excluding hydrogens is 322 g/mol. The van der Waals surface area contributed by atoms with Gasteiger partial charge < -0.3 is 14.6 Å². The van der Waals surface area contributed by atoms with Crippen LogP contribution < -0.4 is 10.0 Å². The number of aryl methyl sites for hydroxylation is 1. The Morgan fingerprint density at radius 1 is 1.39 bits per heavy atom. The van der Waals surface area contributed by atoms with Crippen molar-refractivity contribution >= 4 is 21.9 Å². The van der Waals surface area contributed by atoms with E-state index in [9.17, 15) is 18.0 Å². The van der Waals surface area contributed by atoms with Gasteiger partial charge >= 0.3 is 5.97 Å². The molecule has 0 aromatic carbocycles. The van der Waals surface area contributed by atoms with Gasteiger partial charge in [-0.25, -0.2) is 17.9 Å². The molecule has 1 rings (SSSR count). The van der Waals surface area contributed by atoms with Crippen molar-refractivity contribution in [3.63, 3.8) is 0 Å². The van der Waals surface area contributed by atoms with Gasteiger partial charge in [0.2, 0.25) is 15.9 Å². The normalized spacial score (nSPS) is 12.7. The van der Waals surface area contributed by atoms with Crippen molar-refractivity contribution in [2.75, 3.05) is 13.7 Å². The molecule has 0 saturated heterocycles. The quantitative estimate of drug-likeness (QED) is 0.663. The van der Waals surface area contributed by atoms with E-state index in [0.29, 0.717) is 0 Å². The summed E-state index contributed by atoms with van der Waals surface area (Å²) in [5.41, 5.74) is 0.127. The molecule has 1 amide bonds. The fourth-order valence-corrected chi connectivity index (χ4v) is 2.92. The predicted molar refractivity (Wildman–Crippen MR) is 84.5 cm³/mol. The first-order valence-corrected chi connectivity index (χ1v) is 8.73. The fraction of sp³-hybridized carbons (Fsp3) is 0.571. The van der Waals surface area contributed by atoms with Crippen LogP contribution in [0.5, 0.6) is 0 Å². The Hall–Kier alpha value is -1.87. The zero-order valence-electron chi connectivity index (χ0n) is 13.8. The summed E-state index contributed by atoms with van der Waals surface area (Å²) in [6, 6.07) is 1.28. The van der Waals surface area contributed by atoms with Crippen molar-refractivity contribution in [3.8, 4) is 0 Å². The van der Waals surface area contributed by atoms with Gasteiger partial charge in [-0.15, -0.1) is 0 Å². The number of aromatic nitrogens is 1. The highest BCUT2D eigenvalue weighted by molar-refractivity contribution is 7.89. The Bertz CT molecular complexity index is 666. The first kappa shape index (κ1) is 19.2. The number of amides is 1. The summed E-state index contributed by atoms with van der Waals surface area (Å²) >= 11 is 0. The number of nitrogens with zero attached hydrogens (tertiary/aromatic N) is 1. The fourth-order valence-electron chi connectivity index (χ4n) is 1.82. The van der Waals surface area contributed by atoms with Crippen LogP contribution in [-0.4, -0.2) is 44.6 Å². The lowest BCUT2D eigenvalue weighted by Gasteiger charge is -2.11. The first-order chi connectivity index (χ1) is 10.7. The van der Waals surface area contributed by atoms with E-state index in [1.54, 1.807) is 7.05 Å². The third-order valence-electron chi connectivity index (χ3n) is 3.35. The van der Waals surface area contributed by atoms with Crippen LogP contribution in [0.15, 0.2) is 17.2 Å². The Labute approximate surface area is 136 Å². The summed E-state index contributed by atoms with van der Waals surface area (Å²) in [5.74, 6) is -0.841. The number of hydrogen-bond donors (Lipinski definition) is 2. The molecule has 0 aliphatic carbocycles. The molecule has 0 spiro atoms. The van der Waals surface area contributed by atoms with E-state index in [4.69, 9.17) is 0 Å². The molecule has 0 radical (unpaired) electrons. The molecular formula is C14H23N3O5S. The average Bonchev–Trinajstić information content (AvgIpc) is 2.88. The highest BCUT2D eigenvalue weighted by atomic mass is 32.2. The molecule has 0 aliphatic rings. The van der Waals surface area contributed by atoms with Gasteiger partial charge in [0.15, 0.2) is 0 Å². The summed E-state index contributed by atoms with van der Waals surface area (Å²) in [6.07, 6.45) is 2.16. The van der Waals surface area contributed by atoms with Crippen LogP contribution in [0.1, 0.15) is 37.2 Å². The van der Waals surface area contributed by atoms with E-state index in [-0.39, 0.29) is 35.5 Å². The van der Waals surface area contributed by atoms with Gasteiger partial charge in [-0.05, 0) is 19.4 Å². The van der Waals surface area contributed by atoms with Crippen LogP contribution >= 0.6 is 0 Å². The number of carbonyl (C=O) groups is 2. The summed E-state index contributed by atoms with van der Waals surface area (Å²) in [6.45, 7) is 3.80. The summed E-state index contributed by atoms with van der Waals surface area (Å²) in [7, 11) is -1.03. The molecule has 8 nitrogen and oxygen atoms in total. The maximum atomic E-state index is 12.2. The van der Waals surface area contributed by atoms with Crippen LogP contribution in [0.3, 0.4) is 0 Å². The number of methoxy groups -OCH3 is 1. The number of carbonyl (C=O) groups excluding carboxylic acids is 2. The molecule has 1 unspecified atom stereocenters. The molecule has 1 heterocycles. The molecule has 9 heteroatoms. The molecule has 0 saturated carbocycles. The number of hydrogen-bond acceptors (Lipinski definition) is 5. The topological polar surface area (TPSA) is 106 Å². The lowest BCUT2D eigenvalue weighted by atomic mass is 10.2. The Morgan fingerprint density at radius 2 is 2.04 bits per heavy atom. The zero-order chi connectivity index (χ0) is 17.6. The van der Waals surface area contributed by atoms with E-state index >= 15 is 0 Å². The summed E-state index contributed by atoms with van der Waals surface area (Å²) in [5, 5.41) is 2.75. The van der Waals surface area contributed by atoms with Crippen molar-refractivity contribution in [2.24, 2.45) is 7.05 Å². The Morgan fingerprint density at radius 3 is 2.61 bits per heavy atom. The molecule has 23 heavy (non-hydrogen) atoms. The van der Waals surface area contributed by atoms with Crippen molar-refractivity contribution < 1.29 is 22.7 Å². The van der Waals surface area contributed by atoms with Crippen molar-refractivity contribution in [1.29, 1.82) is 0 Å². The molecule has 0 aliphatic heterocycles. The molecule has 2 N–H and O–H groups in total. The van der Waals surface area contributed by atoms with Crippen LogP contribution in [0.25, 0.3) is 0 Å². The smallest absolute Gasteiger partial charge is 0.354 e. The van der Waals surface area contributed by atoms with Crippen LogP contribution in [0.4, 0.5) is 0 Å². The Kier molecular flexibility index (Phi) is 6.77. The van der Waals surface area contributed by atoms with Crippen molar-refractivity contribution in [1.82, 2.24) is 14.6 Å². The number of ether oxygens (including phenoxy) is 1. The van der Waals surface area contributed by atoms with Crippen LogP contribution in [0.2, 0.25) is 0 Å². The largest absolute Gasteiger partial charge is 0.464 e. The van der Waals surface area contributed by atoms with E-state index in [2.05, 4.69) is 14.8 Å². The van der Waals surface area contributed by atoms with Crippen molar-refractivity contribution in [3.05, 3.63) is 18.0 Å².